The van der Waals surface area contributed by atoms with Gasteiger partial charge >= 0.3 is 0 Å². The van der Waals surface area contributed by atoms with Crippen molar-refractivity contribution in [1.82, 2.24) is 0 Å². The fourth-order valence-electron chi connectivity index (χ4n) is 4.15. The molecule has 0 spiro atoms. The van der Waals surface area contributed by atoms with Gasteiger partial charge in [0.15, 0.2) is 0 Å². The summed E-state index contributed by atoms with van der Waals surface area (Å²) in [5.41, 5.74) is 9.03. The van der Waals surface area contributed by atoms with Crippen molar-refractivity contribution in [1.29, 1.82) is 0 Å². The molecule has 0 aliphatic rings. The zero-order valence-electron chi connectivity index (χ0n) is 17.5. The van der Waals surface area contributed by atoms with Gasteiger partial charge in [-0.05, 0) is 86.8 Å². The highest BCUT2D eigenvalue weighted by atomic mass is 14.1. The first kappa shape index (κ1) is 20.7. The number of aryl methyl sites for hydroxylation is 4. The summed E-state index contributed by atoms with van der Waals surface area (Å²) in [7, 11) is 0. The molecular formula is C26H38. The summed E-state index contributed by atoms with van der Waals surface area (Å²) in [6.07, 6.45) is 13.6. The average Bonchev–Trinajstić information content (AvgIpc) is 2.61. The quantitative estimate of drug-likeness (QED) is 0.362. The molecule has 0 bridgehead atoms. The average molecular weight is 351 g/mol. The monoisotopic (exact) mass is 350 g/mol. The number of hydrogen-bond donors (Lipinski definition) is 0. The Morgan fingerprint density at radius 2 is 0.692 bits per heavy atom. The maximum Gasteiger partial charge on any atom is -0.0274 e. The van der Waals surface area contributed by atoms with E-state index in [9.17, 15) is 0 Å². The van der Waals surface area contributed by atoms with Crippen LogP contribution in [0, 0.1) is 27.7 Å². The number of hydrogen-bond acceptors (Lipinski definition) is 0. The van der Waals surface area contributed by atoms with Gasteiger partial charge in [-0.15, -0.1) is 0 Å². The molecule has 0 N–H and O–H groups in total. The number of rotatable bonds is 11. The largest absolute Gasteiger partial charge is 0.0617 e. The predicted octanol–water partition coefficient (Wildman–Crippen LogP) is 7.83. The van der Waals surface area contributed by atoms with Crippen molar-refractivity contribution in [3.8, 4) is 0 Å². The zero-order valence-corrected chi connectivity index (χ0v) is 17.5. The van der Waals surface area contributed by atoms with Crippen LogP contribution in [0.1, 0.15) is 84.7 Å². The van der Waals surface area contributed by atoms with Crippen molar-refractivity contribution < 1.29 is 0 Å². The molecule has 0 aliphatic carbocycles. The van der Waals surface area contributed by atoms with Gasteiger partial charge in [0.25, 0.3) is 0 Å². The van der Waals surface area contributed by atoms with Crippen LogP contribution < -0.4 is 0 Å². The second-order valence-electron chi connectivity index (χ2n) is 8.07. The number of unbranched alkanes of at least 4 members (excludes halogenated alkanes) is 7. The van der Waals surface area contributed by atoms with Crippen molar-refractivity contribution >= 4 is 0 Å². The topological polar surface area (TPSA) is 0 Å². The summed E-state index contributed by atoms with van der Waals surface area (Å²) in [6, 6.07) is 13.4. The van der Waals surface area contributed by atoms with E-state index in [1.807, 2.05) is 0 Å². The summed E-state index contributed by atoms with van der Waals surface area (Å²) in [5, 5.41) is 0. The first-order chi connectivity index (χ1) is 12.6. The van der Waals surface area contributed by atoms with E-state index >= 15 is 0 Å². The molecule has 142 valence electrons. The van der Waals surface area contributed by atoms with Crippen LogP contribution in [0.2, 0.25) is 0 Å². The molecule has 0 saturated heterocycles. The normalized spacial score (nSPS) is 11.1. The minimum Gasteiger partial charge on any atom is -0.0617 e. The minimum atomic E-state index is 1.26. The van der Waals surface area contributed by atoms with Gasteiger partial charge in [-0.3, -0.25) is 0 Å². The number of benzene rings is 2. The van der Waals surface area contributed by atoms with E-state index in [0.29, 0.717) is 0 Å². The molecule has 0 saturated carbocycles. The van der Waals surface area contributed by atoms with Gasteiger partial charge in [-0.25, -0.2) is 0 Å². The Labute approximate surface area is 162 Å². The van der Waals surface area contributed by atoms with Crippen LogP contribution >= 0.6 is 0 Å². The molecule has 0 fully saturated rings. The lowest BCUT2D eigenvalue weighted by atomic mass is 9.96. The Hall–Kier alpha value is -1.56. The van der Waals surface area contributed by atoms with Crippen LogP contribution in [0.4, 0.5) is 0 Å². The molecule has 2 aromatic rings. The van der Waals surface area contributed by atoms with E-state index in [1.165, 1.54) is 86.5 Å². The molecule has 2 rings (SSSR count). The molecular weight excluding hydrogens is 312 g/mol. The lowest BCUT2D eigenvalue weighted by molar-refractivity contribution is 0.566. The van der Waals surface area contributed by atoms with E-state index in [4.69, 9.17) is 0 Å². The SMILES string of the molecule is Cc1cccc(C)c1CCCCCCCCCCc1c(C)cccc1C. The highest BCUT2D eigenvalue weighted by Crippen LogP contribution is 2.19. The molecule has 0 aliphatic heterocycles. The van der Waals surface area contributed by atoms with Crippen molar-refractivity contribution in [2.24, 2.45) is 0 Å². The minimum absolute atomic E-state index is 1.26. The second-order valence-corrected chi connectivity index (χ2v) is 8.07. The molecule has 26 heavy (non-hydrogen) atoms. The van der Waals surface area contributed by atoms with Crippen LogP contribution in [0.25, 0.3) is 0 Å². The van der Waals surface area contributed by atoms with Crippen molar-refractivity contribution in [3.63, 3.8) is 0 Å². The third-order valence-corrected chi connectivity index (χ3v) is 5.89. The Balaban J connectivity index is 1.50. The van der Waals surface area contributed by atoms with Crippen molar-refractivity contribution in [3.05, 3.63) is 69.8 Å². The maximum absolute atomic E-state index is 2.25. The van der Waals surface area contributed by atoms with Crippen molar-refractivity contribution in [2.75, 3.05) is 0 Å². The highest BCUT2D eigenvalue weighted by molar-refractivity contribution is 5.34. The van der Waals surface area contributed by atoms with Gasteiger partial charge in [0, 0.05) is 0 Å². The zero-order chi connectivity index (χ0) is 18.8. The van der Waals surface area contributed by atoms with Crippen molar-refractivity contribution in [2.45, 2.75) is 91.9 Å². The Morgan fingerprint density at radius 3 is 1.00 bits per heavy atom. The maximum atomic E-state index is 2.25. The van der Waals surface area contributed by atoms with Gasteiger partial charge in [0.2, 0.25) is 0 Å². The molecule has 0 heterocycles. The van der Waals surface area contributed by atoms with Gasteiger partial charge in [-0.1, -0.05) is 74.9 Å². The second kappa shape index (κ2) is 11.2. The lowest BCUT2D eigenvalue weighted by Gasteiger charge is -2.10. The molecule has 0 radical (unpaired) electrons. The van der Waals surface area contributed by atoms with Gasteiger partial charge < -0.3 is 0 Å². The molecule has 0 heteroatoms. The summed E-state index contributed by atoms with van der Waals surface area (Å²) >= 11 is 0. The third kappa shape index (κ3) is 6.63. The van der Waals surface area contributed by atoms with Gasteiger partial charge in [0.05, 0.1) is 0 Å². The van der Waals surface area contributed by atoms with E-state index in [2.05, 4.69) is 64.1 Å². The smallest absolute Gasteiger partial charge is 0.0274 e. The van der Waals surface area contributed by atoms with Crippen LogP contribution in [0.5, 0.6) is 0 Å². The van der Waals surface area contributed by atoms with Crippen LogP contribution in [-0.4, -0.2) is 0 Å². The molecule has 0 atom stereocenters. The van der Waals surface area contributed by atoms with Gasteiger partial charge in [-0.2, -0.15) is 0 Å². The fraction of sp³-hybridized carbons (Fsp3) is 0.538. The van der Waals surface area contributed by atoms with Crippen LogP contribution in [0.3, 0.4) is 0 Å². The summed E-state index contributed by atoms with van der Waals surface area (Å²) < 4.78 is 0. The summed E-state index contributed by atoms with van der Waals surface area (Å²) in [4.78, 5) is 0. The lowest BCUT2D eigenvalue weighted by Crippen LogP contribution is -1.94. The fourth-order valence-corrected chi connectivity index (χ4v) is 4.15. The van der Waals surface area contributed by atoms with E-state index < -0.39 is 0 Å². The van der Waals surface area contributed by atoms with E-state index in [-0.39, 0.29) is 0 Å². The molecule has 0 unspecified atom stereocenters. The van der Waals surface area contributed by atoms with Crippen LogP contribution in [-0.2, 0) is 12.8 Å². The highest BCUT2D eigenvalue weighted by Gasteiger charge is 2.03. The summed E-state index contributed by atoms with van der Waals surface area (Å²) in [5.74, 6) is 0. The Morgan fingerprint density at radius 1 is 0.423 bits per heavy atom. The molecule has 0 amide bonds. The predicted molar refractivity (Wildman–Crippen MR) is 116 cm³/mol. The van der Waals surface area contributed by atoms with Gasteiger partial charge in [0.1, 0.15) is 0 Å². The Kier molecular flexibility index (Phi) is 8.95. The molecule has 0 nitrogen and oxygen atoms in total. The summed E-state index contributed by atoms with van der Waals surface area (Å²) in [6.45, 7) is 9.00. The van der Waals surface area contributed by atoms with E-state index in [0.717, 1.165) is 0 Å². The van der Waals surface area contributed by atoms with Crippen LogP contribution in [0.15, 0.2) is 36.4 Å². The standard InChI is InChI=1S/C26H38/c1-21-15-13-16-22(2)25(21)19-11-9-7-5-6-8-10-12-20-26-23(3)17-14-18-24(26)4/h13-18H,5-12,19-20H2,1-4H3. The first-order valence-electron chi connectivity index (χ1n) is 10.7. The Bertz CT molecular complexity index is 566. The molecule has 2 aromatic carbocycles. The first-order valence-corrected chi connectivity index (χ1v) is 10.7. The third-order valence-electron chi connectivity index (χ3n) is 5.89. The molecule has 0 aromatic heterocycles. The van der Waals surface area contributed by atoms with E-state index in [1.54, 1.807) is 11.1 Å².